The van der Waals surface area contributed by atoms with Crippen LogP contribution in [0, 0.1) is 0 Å². The third-order valence-corrected chi connectivity index (χ3v) is 5.04. The fraction of sp³-hybridized carbons (Fsp3) is 0.333. The molecule has 1 aliphatic rings. The summed E-state index contributed by atoms with van der Waals surface area (Å²) in [5.74, 6) is 1.47. The maximum Gasteiger partial charge on any atom is 0.233 e. The summed E-state index contributed by atoms with van der Waals surface area (Å²) < 4.78 is 5.21. The number of aromatic nitrogens is 1. The lowest BCUT2D eigenvalue weighted by molar-refractivity contribution is -0.128. The number of hydrogen-bond donors (Lipinski definition) is 0. The molecule has 126 valence electrons. The van der Waals surface area contributed by atoms with Gasteiger partial charge in [0.1, 0.15) is 5.75 Å². The van der Waals surface area contributed by atoms with Crippen LogP contribution in [0.5, 0.6) is 5.75 Å². The molecule has 1 aromatic carbocycles. The maximum atomic E-state index is 12.4. The molecule has 0 N–H and O–H groups in total. The molecule has 0 aliphatic carbocycles. The minimum Gasteiger partial charge on any atom is -0.497 e. The predicted molar refractivity (Wildman–Crippen MR) is 96.7 cm³/mol. The van der Waals surface area contributed by atoms with E-state index in [1.165, 1.54) is 5.69 Å². The highest BCUT2D eigenvalue weighted by molar-refractivity contribution is 8.00. The molecule has 0 radical (unpaired) electrons. The Balaban J connectivity index is 1.48. The number of piperazine rings is 1. The van der Waals surface area contributed by atoms with Crippen molar-refractivity contribution in [3.63, 3.8) is 0 Å². The summed E-state index contributed by atoms with van der Waals surface area (Å²) in [6.07, 6.45) is 3.61. The fourth-order valence-corrected chi connectivity index (χ4v) is 3.54. The molecule has 0 saturated carbocycles. The van der Waals surface area contributed by atoms with Gasteiger partial charge in [-0.2, -0.15) is 0 Å². The van der Waals surface area contributed by atoms with Crippen molar-refractivity contribution >= 4 is 23.4 Å². The van der Waals surface area contributed by atoms with E-state index in [1.54, 1.807) is 31.3 Å². The topological polar surface area (TPSA) is 45.7 Å². The van der Waals surface area contributed by atoms with Crippen LogP contribution in [-0.2, 0) is 4.79 Å². The monoisotopic (exact) mass is 343 g/mol. The molecule has 0 unspecified atom stereocenters. The molecule has 0 spiro atoms. The average Bonchev–Trinajstić information content (AvgIpc) is 2.67. The molecule has 24 heavy (non-hydrogen) atoms. The van der Waals surface area contributed by atoms with Crippen LogP contribution in [0.2, 0.25) is 0 Å². The Morgan fingerprint density at radius 1 is 1.17 bits per heavy atom. The van der Waals surface area contributed by atoms with Crippen molar-refractivity contribution in [2.45, 2.75) is 4.90 Å². The summed E-state index contributed by atoms with van der Waals surface area (Å²) in [5, 5.41) is 0. The van der Waals surface area contributed by atoms with E-state index in [-0.39, 0.29) is 5.91 Å². The van der Waals surface area contributed by atoms with E-state index in [1.807, 2.05) is 41.3 Å². The minimum absolute atomic E-state index is 0.192. The number of carbonyl (C=O) groups excluding carboxylic acids is 1. The first-order valence-corrected chi connectivity index (χ1v) is 8.94. The van der Waals surface area contributed by atoms with Crippen LogP contribution in [0.25, 0.3) is 0 Å². The van der Waals surface area contributed by atoms with Gasteiger partial charge >= 0.3 is 0 Å². The highest BCUT2D eigenvalue weighted by Gasteiger charge is 2.21. The largest absolute Gasteiger partial charge is 0.497 e. The average molecular weight is 343 g/mol. The van der Waals surface area contributed by atoms with Crippen LogP contribution in [0.4, 0.5) is 5.69 Å². The Hall–Kier alpha value is -2.21. The van der Waals surface area contributed by atoms with Gasteiger partial charge in [0.05, 0.1) is 12.9 Å². The molecule has 1 saturated heterocycles. The van der Waals surface area contributed by atoms with E-state index >= 15 is 0 Å². The predicted octanol–water partition coefficient (Wildman–Crippen LogP) is 2.53. The SMILES string of the molecule is COc1cccc(SCC(=O)N2CCN(c3ccncc3)CC2)c1. The van der Waals surface area contributed by atoms with Crippen molar-refractivity contribution in [2.24, 2.45) is 0 Å². The van der Waals surface area contributed by atoms with E-state index in [0.717, 1.165) is 36.8 Å². The van der Waals surface area contributed by atoms with Crippen molar-refractivity contribution in [3.05, 3.63) is 48.8 Å². The molecule has 1 aromatic heterocycles. The zero-order chi connectivity index (χ0) is 16.8. The van der Waals surface area contributed by atoms with Crippen molar-refractivity contribution in [2.75, 3.05) is 43.9 Å². The van der Waals surface area contributed by atoms with Crippen LogP contribution >= 0.6 is 11.8 Å². The lowest BCUT2D eigenvalue weighted by Gasteiger charge is -2.36. The van der Waals surface area contributed by atoms with Crippen LogP contribution in [-0.4, -0.2) is 54.8 Å². The van der Waals surface area contributed by atoms with E-state index < -0.39 is 0 Å². The summed E-state index contributed by atoms with van der Waals surface area (Å²) in [4.78, 5) is 21.8. The second kappa shape index (κ2) is 8.06. The van der Waals surface area contributed by atoms with Crippen LogP contribution < -0.4 is 9.64 Å². The number of rotatable bonds is 5. The van der Waals surface area contributed by atoms with Gasteiger partial charge in [0, 0.05) is 49.2 Å². The van der Waals surface area contributed by atoms with Gasteiger partial charge in [0.15, 0.2) is 0 Å². The van der Waals surface area contributed by atoms with Gasteiger partial charge in [-0.15, -0.1) is 11.8 Å². The van der Waals surface area contributed by atoms with Gasteiger partial charge in [0.2, 0.25) is 5.91 Å². The number of amides is 1. The Kier molecular flexibility index (Phi) is 5.59. The first kappa shape index (κ1) is 16.6. The number of carbonyl (C=O) groups is 1. The number of pyridine rings is 1. The second-order valence-corrected chi connectivity index (χ2v) is 6.59. The molecule has 2 heterocycles. The quantitative estimate of drug-likeness (QED) is 0.781. The highest BCUT2D eigenvalue weighted by Crippen LogP contribution is 2.23. The second-order valence-electron chi connectivity index (χ2n) is 5.54. The number of thioether (sulfide) groups is 1. The molecular weight excluding hydrogens is 322 g/mol. The van der Waals surface area contributed by atoms with Crippen molar-refractivity contribution in [1.82, 2.24) is 9.88 Å². The zero-order valence-corrected chi connectivity index (χ0v) is 14.5. The molecular formula is C18H21N3O2S. The summed E-state index contributed by atoms with van der Waals surface area (Å²) in [6, 6.07) is 11.8. The van der Waals surface area contributed by atoms with Gasteiger partial charge in [-0.3, -0.25) is 9.78 Å². The number of anilines is 1. The molecule has 1 amide bonds. The summed E-state index contributed by atoms with van der Waals surface area (Å²) in [5.41, 5.74) is 1.17. The molecule has 0 atom stereocenters. The zero-order valence-electron chi connectivity index (χ0n) is 13.7. The first-order chi connectivity index (χ1) is 11.8. The fourth-order valence-electron chi connectivity index (χ4n) is 2.70. The summed E-state index contributed by atoms with van der Waals surface area (Å²) in [7, 11) is 1.65. The van der Waals surface area contributed by atoms with Crippen molar-refractivity contribution in [3.8, 4) is 5.75 Å². The Bertz CT molecular complexity index is 673. The normalized spacial score (nSPS) is 14.5. The number of benzene rings is 1. The van der Waals surface area contributed by atoms with Crippen molar-refractivity contribution in [1.29, 1.82) is 0 Å². The van der Waals surface area contributed by atoms with Gasteiger partial charge in [-0.05, 0) is 30.3 Å². The van der Waals surface area contributed by atoms with Crippen LogP contribution in [0.15, 0.2) is 53.7 Å². The number of methoxy groups -OCH3 is 1. The Morgan fingerprint density at radius 2 is 1.92 bits per heavy atom. The van der Waals surface area contributed by atoms with E-state index in [4.69, 9.17) is 4.74 Å². The van der Waals surface area contributed by atoms with Gasteiger partial charge in [-0.25, -0.2) is 0 Å². The third-order valence-electron chi connectivity index (χ3n) is 4.06. The lowest BCUT2D eigenvalue weighted by Crippen LogP contribution is -2.49. The number of ether oxygens (including phenoxy) is 1. The lowest BCUT2D eigenvalue weighted by atomic mass is 10.2. The maximum absolute atomic E-state index is 12.4. The molecule has 6 heteroatoms. The van der Waals surface area contributed by atoms with E-state index in [2.05, 4.69) is 9.88 Å². The Labute approximate surface area is 146 Å². The molecule has 1 aliphatic heterocycles. The van der Waals surface area contributed by atoms with Crippen molar-refractivity contribution < 1.29 is 9.53 Å². The summed E-state index contributed by atoms with van der Waals surface area (Å²) >= 11 is 1.56. The smallest absolute Gasteiger partial charge is 0.233 e. The Morgan fingerprint density at radius 3 is 2.62 bits per heavy atom. The summed E-state index contributed by atoms with van der Waals surface area (Å²) in [6.45, 7) is 3.25. The molecule has 1 fully saturated rings. The van der Waals surface area contributed by atoms with Gasteiger partial charge < -0.3 is 14.5 Å². The first-order valence-electron chi connectivity index (χ1n) is 7.96. The van der Waals surface area contributed by atoms with E-state index in [9.17, 15) is 4.79 Å². The number of nitrogens with zero attached hydrogens (tertiary/aromatic N) is 3. The molecule has 0 bridgehead atoms. The molecule has 5 nitrogen and oxygen atoms in total. The van der Waals surface area contributed by atoms with Crippen LogP contribution in [0.3, 0.4) is 0 Å². The van der Waals surface area contributed by atoms with Crippen LogP contribution in [0.1, 0.15) is 0 Å². The number of hydrogen-bond acceptors (Lipinski definition) is 5. The molecule has 3 rings (SSSR count). The molecule has 2 aromatic rings. The highest BCUT2D eigenvalue weighted by atomic mass is 32.2. The van der Waals surface area contributed by atoms with E-state index in [0.29, 0.717) is 5.75 Å². The minimum atomic E-state index is 0.192. The standard InChI is InChI=1S/C18H21N3O2S/c1-23-16-3-2-4-17(13-16)24-14-18(22)21-11-9-20(10-12-21)15-5-7-19-8-6-15/h2-8,13H,9-12,14H2,1H3. The van der Waals surface area contributed by atoms with Gasteiger partial charge in [-0.1, -0.05) is 6.07 Å². The van der Waals surface area contributed by atoms with Gasteiger partial charge in [0.25, 0.3) is 0 Å². The third kappa shape index (κ3) is 4.20.